The monoisotopic (exact) mass is 279 g/mol. The number of benzene rings is 1. The van der Waals surface area contributed by atoms with Crippen molar-refractivity contribution < 1.29 is 14.2 Å². The van der Waals surface area contributed by atoms with Gasteiger partial charge in [0.05, 0.1) is 20.3 Å². The van der Waals surface area contributed by atoms with Gasteiger partial charge in [-0.2, -0.15) is 0 Å². The van der Waals surface area contributed by atoms with E-state index in [0.717, 1.165) is 42.1 Å². The van der Waals surface area contributed by atoms with E-state index in [2.05, 4.69) is 13.8 Å². The normalized spacial score (nSPS) is 23.6. The topological polar surface area (TPSA) is 53.7 Å². The second-order valence-corrected chi connectivity index (χ2v) is 5.36. The lowest BCUT2D eigenvalue weighted by molar-refractivity contribution is 0.0812. The van der Waals surface area contributed by atoms with Crippen LogP contribution < -0.4 is 15.2 Å². The van der Waals surface area contributed by atoms with E-state index in [-0.39, 0.29) is 12.1 Å². The van der Waals surface area contributed by atoms with Crippen molar-refractivity contribution in [3.05, 3.63) is 23.3 Å². The summed E-state index contributed by atoms with van der Waals surface area (Å²) >= 11 is 0. The molecule has 1 aliphatic heterocycles. The molecule has 3 atom stereocenters. The number of hydrogen-bond acceptors (Lipinski definition) is 4. The number of ether oxygens (including phenoxy) is 3. The molecular formula is C16H25NO3. The zero-order valence-electron chi connectivity index (χ0n) is 12.8. The van der Waals surface area contributed by atoms with E-state index >= 15 is 0 Å². The summed E-state index contributed by atoms with van der Waals surface area (Å²) in [7, 11) is 3.30. The van der Waals surface area contributed by atoms with Gasteiger partial charge in [0.1, 0.15) is 0 Å². The first-order chi connectivity index (χ1) is 9.62. The molecule has 4 heteroatoms. The van der Waals surface area contributed by atoms with E-state index in [1.807, 2.05) is 12.1 Å². The molecular weight excluding hydrogens is 254 g/mol. The van der Waals surface area contributed by atoms with Crippen LogP contribution in [0.15, 0.2) is 12.1 Å². The fourth-order valence-electron chi connectivity index (χ4n) is 3.08. The fourth-order valence-corrected chi connectivity index (χ4v) is 3.08. The first-order valence-corrected chi connectivity index (χ1v) is 7.22. The number of aryl methyl sites for hydroxylation is 1. The van der Waals surface area contributed by atoms with Crippen LogP contribution in [0.5, 0.6) is 11.5 Å². The van der Waals surface area contributed by atoms with Crippen molar-refractivity contribution in [2.24, 2.45) is 11.7 Å². The molecule has 2 N–H and O–H groups in total. The molecule has 1 aliphatic rings. The Labute approximate surface area is 121 Å². The Bertz CT molecular complexity index is 461. The van der Waals surface area contributed by atoms with E-state index in [9.17, 15) is 0 Å². The van der Waals surface area contributed by atoms with Crippen molar-refractivity contribution in [2.45, 2.75) is 38.8 Å². The summed E-state index contributed by atoms with van der Waals surface area (Å²) in [5, 5.41) is 0. The highest BCUT2D eigenvalue weighted by molar-refractivity contribution is 5.48. The predicted octanol–water partition coefficient (Wildman–Crippen LogP) is 2.83. The lowest BCUT2D eigenvalue weighted by atomic mass is 9.85. The molecule has 1 aromatic carbocycles. The smallest absolute Gasteiger partial charge is 0.161 e. The first kappa shape index (κ1) is 15.1. The molecule has 0 amide bonds. The highest BCUT2D eigenvalue weighted by Crippen LogP contribution is 2.38. The summed E-state index contributed by atoms with van der Waals surface area (Å²) in [6.07, 6.45) is 2.29. The van der Waals surface area contributed by atoms with E-state index in [1.54, 1.807) is 14.2 Å². The molecule has 1 heterocycles. The molecule has 20 heavy (non-hydrogen) atoms. The van der Waals surface area contributed by atoms with Crippen molar-refractivity contribution in [2.75, 3.05) is 20.8 Å². The quantitative estimate of drug-likeness (QED) is 0.900. The first-order valence-electron chi connectivity index (χ1n) is 7.22. The summed E-state index contributed by atoms with van der Waals surface area (Å²) in [4.78, 5) is 0. The third-order valence-corrected chi connectivity index (χ3v) is 4.26. The third-order valence-electron chi connectivity index (χ3n) is 4.26. The molecule has 0 spiro atoms. The largest absolute Gasteiger partial charge is 0.493 e. The summed E-state index contributed by atoms with van der Waals surface area (Å²) in [6, 6.07) is 3.97. The van der Waals surface area contributed by atoms with Gasteiger partial charge in [0.25, 0.3) is 0 Å². The van der Waals surface area contributed by atoms with Gasteiger partial charge in [-0.15, -0.1) is 0 Å². The van der Waals surface area contributed by atoms with Gasteiger partial charge in [-0.1, -0.05) is 6.92 Å². The van der Waals surface area contributed by atoms with Crippen LogP contribution in [0.3, 0.4) is 0 Å². The average Bonchev–Trinajstić information content (AvgIpc) is 2.94. The summed E-state index contributed by atoms with van der Waals surface area (Å²) in [6.45, 7) is 5.02. The third kappa shape index (κ3) is 2.76. The van der Waals surface area contributed by atoms with Crippen molar-refractivity contribution in [3.8, 4) is 11.5 Å². The maximum atomic E-state index is 6.51. The lowest BCUT2D eigenvalue weighted by Crippen LogP contribution is -2.28. The van der Waals surface area contributed by atoms with Gasteiger partial charge in [-0.05, 0) is 43.0 Å². The standard InChI is InChI=1S/C16H25NO3/c1-5-13-11(6-7-20-13)16(17)12-9-15(19-4)14(18-3)8-10(12)2/h8-9,11,13,16H,5-7,17H2,1-4H3. The maximum Gasteiger partial charge on any atom is 0.161 e. The molecule has 4 nitrogen and oxygen atoms in total. The molecule has 0 aromatic heterocycles. The number of nitrogens with two attached hydrogens (primary N) is 1. The molecule has 0 aliphatic carbocycles. The van der Waals surface area contributed by atoms with Gasteiger partial charge in [0, 0.05) is 18.6 Å². The van der Waals surface area contributed by atoms with Gasteiger partial charge < -0.3 is 19.9 Å². The minimum absolute atomic E-state index is 0.0257. The van der Waals surface area contributed by atoms with Crippen LogP contribution >= 0.6 is 0 Å². The Morgan fingerprint density at radius 1 is 1.30 bits per heavy atom. The van der Waals surface area contributed by atoms with Crippen LogP contribution in [-0.2, 0) is 4.74 Å². The van der Waals surface area contributed by atoms with Crippen molar-refractivity contribution >= 4 is 0 Å². The number of hydrogen-bond donors (Lipinski definition) is 1. The average molecular weight is 279 g/mol. The van der Waals surface area contributed by atoms with Crippen LogP contribution in [0, 0.1) is 12.8 Å². The zero-order valence-corrected chi connectivity index (χ0v) is 12.8. The molecule has 112 valence electrons. The molecule has 1 fully saturated rings. The SMILES string of the molecule is CCC1OCCC1C(N)c1cc(OC)c(OC)cc1C. The van der Waals surface area contributed by atoms with Crippen LogP contribution in [-0.4, -0.2) is 26.9 Å². The Balaban J connectivity index is 2.31. The summed E-state index contributed by atoms with van der Waals surface area (Å²) < 4.78 is 16.5. The lowest BCUT2D eigenvalue weighted by Gasteiger charge is -2.26. The molecule has 3 unspecified atom stereocenters. The van der Waals surface area contributed by atoms with Crippen molar-refractivity contribution in [3.63, 3.8) is 0 Å². The van der Waals surface area contributed by atoms with Gasteiger partial charge >= 0.3 is 0 Å². The minimum atomic E-state index is -0.0257. The van der Waals surface area contributed by atoms with Crippen LogP contribution in [0.1, 0.15) is 36.9 Å². The van der Waals surface area contributed by atoms with E-state index in [1.165, 1.54) is 0 Å². The van der Waals surface area contributed by atoms with Gasteiger partial charge in [-0.25, -0.2) is 0 Å². The number of methoxy groups -OCH3 is 2. The fraction of sp³-hybridized carbons (Fsp3) is 0.625. The van der Waals surface area contributed by atoms with Crippen molar-refractivity contribution in [1.29, 1.82) is 0 Å². The van der Waals surface area contributed by atoms with E-state index < -0.39 is 0 Å². The summed E-state index contributed by atoms with van der Waals surface area (Å²) in [5.41, 5.74) is 8.76. The van der Waals surface area contributed by atoms with E-state index in [0.29, 0.717) is 5.92 Å². The van der Waals surface area contributed by atoms with Crippen molar-refractivity contribution in [1.82, 2.24) is 0 Å². The van der Waals surface area contributed by atoms with Gasteiger partial charge in [0.2, 0.25) is 0 Å². The molecule has 0 saturated carbocycles. The highest BCUT2D eigenvalue weighted by Gasteiger charge is 2.33. The second-order valence-electron chi connectivity index (χ2n) is 5.36. The van der Waals surface area contributed by atoms with Gasteiger partial charge in [0.15, 0.2) is 11.5 Å². The Morgan fingerprint density at radius 2 is 1.95 bits per heavy atom. The Morgan fingerprint density at radius 3 is 2.55 bits per heavy atom. The highest BCUT2D eigenvalue weighted by atomic mass is 16.5. The van der Waals surface area contributed by atoms with Crippen LogP contribution in [0.25, 0.3) is 0 Å². The maximum absolute atomic E-state index is 6.51. The minimum Gasteiger partial charge on any atom is -0.493 e. The molecule has 0 radical (unpaired) electrons. The summed E-state index contributed by atoms with van der Waals surface area (Å²) in [5.74, 6) is 1.85. The predicted molar refractivity (Wildman–Crippen MR) is 79.3 cm³/mol. The zero-order chi connectivity index (χ0) is 14.7. The molecule has 1 aromatic rings. The van der Waals surface area contributed by atoms with Crippen LogP contribution in [0.2, 0.25) is 0 Å². The Kier molecular flexibility index (Phi) is 4.89. The molecule has 1 saturated heterocycles. The van der Waals surface area contributed by atoms with Crippen LogP contribution in [0.4, 0.5) is 0 Å². The molecule has 2 rings (SSSR count). The Hall–Kier alpha value is -1.26. The molecule has 0 bridgehead atoms. The second kappa shape index (κ2) is 6.46. The van der Waals surface area contributed by atoms with Gasteiger partial charge in [-0.3, -0.25) is 0 Å². The number of rotatable bonds is 5. The van der Waals surface area contributed by atoms with E-state index in [4.69, 9.17) is 19.9 Å².